The Morgan fingerprint density at radius 3 is 1.80 bits per heavy atom. The van der Waals surface area contributed by atoms with Crippen LogP contribution in [0.2, 0.25) is 0 Å². The molecule has 1 heterocycles. The molecule has 0 unspecified atom stereocenters. The largest absolute Gasteiger partial charge is 0.310 e. The summed E-state index contributed by atoms with van der Waals surface area (Å²) >= 11 is 0. The smallest absolute Gasteiger partial charge is 0.0701 e. The maximum Gasteiger partial charge on any atom is 0.0701 e. The minimum absolute atomic E-state index is 0.984. The third-order valence-corrected chi connectivity index (χ3v) is 13.1. The average molecular weight is 779 g/mol. The molecule has 0 aliphatic heterocycles. The summed E-state index contributed by atoms with van der Waals surface area (Å²) in [4.78, 5) is 7.09. The highest BCUT2D eigenvalue weighted by molar-refractivity contribution is 6.23. The van der Waals surface area contributed by atoms with Crippen LogP contribution in [0.4, 0.5) is 17.1 Å². The van der Waals surface area contributed by atoms with Crippen molar-refractivity contribution in [3.63, 3.8) is 0 Å². The zero-order chi connectivity index (χ0) is 40.3. The van der Waals surface area contributed by atoms with Gasteiger partial charge in [-0.1, -0.05) is 158 Å². The van der Waals surface area contributed by atoms with Crippen molar-refractivity contribution in [1.29, 1.82) is 0 Å². The second kappa shape index (κ2) is 14.6. The number of rotatable bonds is 6. The Bertz CT molecular complexity index is 3300. The number of aryl methyl sites for hydroxylation is 2. The highest BCUT2D eigenvalue weighted by Crippen LogP contribution is 2.48. The summed E-state index contributed by atoms with van der Waals surface area (Å²) in [6.45, 7) is 0. The molecule has 0 N–H and O–H groups in total. The van der Waals surface area contributed by atoms with E-state index in [1.807, 2.05) is 18.3 Å². The van der Waals surface area contributed by atoms with E-state index < -0.39 is 0 Å². The van der Waals surface area contributed by atoms with Crippen LogP contribution in [0.3, 0.4) is 0 Å². The maximum absolute atomic E-state index is 4.62. The van der Waals surface area contributed by atoms with E-state index in [0.29, 0.717) is 0 Å². The first-order valence-corrected chi connectivity index (χ1v) is 21.5. The molecule has 61 heavy (non-hydrogen) atoms. The summed E-state index contributed by atoms with van der Waals surface area (Å²) < 4.78 is 0. The number of hydrogen-bond acceptors (Lipinski definition) is 2. The molecule has 0 spiro atoms. The van der Waals surface area contributed by atoms with Crippen molar-refractivity contribution in [2.75, 3.05) is 4.90 Å². The topological polar surface area (TPSA) is 16.1 Å². The molecule has 2 aliphatic rings. The zero-order valence-corrected chi connectivity index (χ0v) is 33.9. The first-order chi connectivity index (χ1) is 30.3. The molecule has 0 atom stereocenters. The second-order valence-electron chi connectivity index (χ2n) is 16.5. The number of benzene rings is 9. The van der Waals surface area contributed by atoms with Crippen molar-refractivity contribution in [2.45, 2.75) is 25.7 Å². The lowest BCUT2D eigenvalue weighted by molar-refractivity contribution is 0.941. The standard InChI is InChI=1S/C59H42N2/c1-3-17-47-39(13-1)15-11-23-51(47)59-54-21-7-5-19-52(54)58(53-20-6-8-22-55(53)59)44-30-34-48-42(37-44)26-27-43-38-46(33-35-49(43)48)61(57-25-12-16-40-14-2-4-18-50(40)57)45-31-28-41(29-32-45)56-24-9-10-36-60-56/h1-3,5-17,19-25,28-38H,4,18,26-27H2. The lowest BCUT2D eigenvalue weighted by Crippen LogP contribution is -2.15. The summed E-state index contributed by atoms with van der Waals surface area (Å²) in [7, 11) is 0. The van der Waals surface area contributed by atoms with Gasteiger partial charge in [0.15, 0.2) is 0 Å². The molecule has 12 rings (SSSR count). The van der Waals surface area contributed by atoms with Gasteiger partial charge in [-0.15, -0.1) is 0 Å². The Kier molecular flexibility index (Phi) is 8.48. The molecule has 1 aromatic heterocycles. The Labute approximate surface area is 356 Å². The lowest BCUT2D eigenvalue weighted by atomic mass is 9.81. The van der Waals surface area contributed by atoms with Crippen LogP contribution < -0.4 is 4.90 Å². The monoisotopic (exact) mass is 778 g/mol. The Hall–Kier alpha value is -7.55. The van der Waals surface area contributed by atoms with Crippen LogP contribution in [-0.4, -0.2) is 4.98 Å². The van der Waals surface area contributed by atoms with Crippen LogP contribution in [0.1, 0.15) is 28.7 Å². The molecule has 0 saturated heterocycles. The van der Waals surface area contributed by atoms with Crippen molar-refractivity contribution in [3.05, 3.63) is 223 Å². The number of hydrogen-bond donors (Lipinski definition) is 0. The lowest BCUT2D eigenvalue weighted by Gasteiger charge is -2.31. The van der Waals surface area contributed by atoms with E-state index >= 15 is 0 Å². The third-order valence-electron chi connectivity index (χ3n) is 13.1. The minimum atomic E-state index is 0.984. The van der Waals surface area contributed by atoms with Crippen LogP contribution >= 0.6 is 0 Å². The van der Waals surface area contributed by atoms with Gasteiger partial charge in [0, 0.05) is 28.8 Å². The van der Waals surface area contributed by atoms with E-state index in [1.54, 1.807) is 0 Å². The van der Waals surface area contributed by atoms with E-state index in [9.17, 15) is 0 Å². The van der Waals surface area contributed by atoms with Gasteiger partial charge in [-0.2, -0.15) is 0 Å². The van der Waals surface area contributed by atoms with Gasteiger partial charge in [-0.3, -0.25) is 4.98 Å². The average Bonchev–Trinajstić information content (AvgIpc) is 3.33. The number of nitrogens with zero attached hydrogens (tertiary/aromatic N) is 2. The molecule has 2 heteroatoms. The van der Waals surface area contributed by atoms with Gasteiger partial charge in [-0.05, 0) is 156 Å². The Morgan fingerprint density at radius 2 is 1.05 bits per heavy atom. The number of anilines is 3. The molecule has 0 fully saturated rings. The first-order valence-electron chi connectivity index (χ1n) is 21.5. The van der Waals surface area contributed by atoms with Crippen molar-refractivity contribution < 1.29 is 0 Å². The molecule has 0 saturated carbocycles. The van der Waals surface area contributed by atoms with E-state index in [2.05, 4.69) is 198 Å². The zero-order valence-electron chi connectivity index (χ0n) is 33.9. The van der Waals surface area contributed by atoms with Crippen LogP contribution in [0.25, 0.3) is 83.0 Å². The number of allylic oxidation sites excluding steroid dienone is 1. The van der Waals surface area contributed by atoms with Gasteiger partial charge in [0.2, 0.25) is 0 Å². The Balaban J connectivity index is 0.967. The fourth-order valence-electron chi connectivity index (χ4n) is 10.3. The van der Waals surface area contributed by atoms with Crippen molar-refractivity contribution in [3.8, 4) is 44.6 Å². The minimum Gasteiger partial charge on any atom is -0.310 e. The number of aromatic nitrogens is 1. The predicted molar refractivity (Wildman–Crippen MR) is 258 cm³/mol. The summed E-state index contributed by atoms with van der Waals surface area (Å²) in [5.41, 5.74) is 19.1. The molecule has 288 valence electrons. The number of pyridine rings is 1. The van der Waals surface area contributed by atoms with Gasteiger partial charge in [0.05, 0.1) is 5.69 Å². The van der Waals surface area contributed by atoms with Crippen LogP contribution in [0.15, 0.2) is 200 Å². The predicted octanol–water partition coefficient (Wildman–Crippen LogP) is 15.7. The highest BCUT2D eigenvalue weighted by atomic mass is 15.1. The van der Waals surface area contributed by atoms with Crippen molar-refractivity contribution >= 4 is 55.5 Å². The molecule has 2 nitrogen and oxygen atoms in total. The molecular formula is C59H42N2. The first kappa shape index (κ1) is 35.4. The van der Waals surface area contributed by atoms with Gasteiger partial charge in [0.1, 0.15) is 0 Å². The summed E-state index contributed by atoms with van der Waals surface area (Å²) in [5.74, 6) is 0. The fraction of sp³-hybridized carbons (Fsp3) is 0.0678. The summed E-state index contributed by atoms with van der Waals surface area (Å²) in [6.07, 6.45) is 10.5. The van der Waals surface area contributed by atoms with Crippen LogP contribution in [-0.2, 0) is 19.3 Å². The Morgan fingerprint density at radius 1 is 0.426 bits per heavy atom. The normalized spacial score (nSPS) is 12.9. The molecule has 0 amide bonds. The van der Waals surface area contributed by atoms with E-state index in [0.717, 1.165) is 42.6 Å². The van der Waals surface area contributed by atoms with Crippen LogP contribution in [0.5, 0.6) is 0 Å². The summed E-state index contributed by atoms with van der Waals surface area (Å²) in [5, 5.41) is 7.70. The second-order valence-corrected chi connectivity index (χ2v) is 16.5. The summed E-state index contributed by atoms with van der Waals surface area (Å²) in [6, 6.07) is 69.7. The van der Waals surface area contributed by atoms with Crippen LogP contribution in [0, 0.1) is 0 Å². The SMILES string of the molecule is C1=Cc2cccc(N(c3ccc(-c4ccccn4)cc3)c3ccc4c(c3)CCc3cc(-c5c6ccccc6c(-c6cccc7ccccc67)c6ccccc56)ccc3-4)c2CC1. The molecule has 9 aromatic carbocycles. The van der Waals surface area contributed by atoms with Gasteiger partial charge >= 0.3 is 0 Å². The maximum atomic E-state index is 4.62. The fourth-order valence-corrected chi connectivity index (χ4v) is 10.3. The van der Waals surface area contributed by atoms with Gasteiger partial charge < -0.3 is 4.90 Å². The highest BCUT2D eigenvalue weighted by Gasteiger charge is 2.24. The van der Waals surface area contributed by atoms with Crippen molar-refractivity contribution in [1.82, 2.24) is 4.98 Å². The molecule has 10 aromatic rings. The molecule has 2 aliphatic carbocycles. The molecular weight excluding hydrogens is 737 g/mol. The van der Waals surface area contributed by atoms with Crippen molar-refractivity contribution in [2.24, 2.45) is 0 Å². The van der Waals surface area contributed by atoms with E-state index in [1.165, 1.54) is 99.3 Å². The quantitative estimate of drug-likeness (QED) is 0.156. The molecule has 0 radical (unpaired) electrons. The number of fused-ring (bicyclic) bond motifs is 7. The third kappa shape index (κ3) is 5.98. The van der Waals surface area contributed by atoms with Gasteiger partial charge in [-0.25, -0.2) is 0 Å². The van der Waals surface area contributed by atoms with E-state index in [-0.39, 0.29) is 0 Å². The van der Waals surface area contributed by atoms with Gasteiger partial charge in [0.25, 0.3) is 0 Å². The van der Waals surface area contributed by atoms with E-state index in [4.69, 9.17) is 0 Å². The molecule has 0 bridgehead atoms.